The topological polar surface area (TPSA) is 174 Å². The quantitative estimate of drug-likeness (QED) is 0.111. The van der Waals surface area contributed by atoms with Crippen LogP contribution < -0.4 is 30.9 Å². The van der Waals surface area contributed by atoms with Crippen LogP contribution in [0.5, 0.6) is 11.8 Å². The van der Waals surface area contributed by atoms with Crippen molar-refractivity contribution in [1.82, 2.24) is 40.0 Å². The molecule has 3 aromatic heterocycles. The number of rotatable bonds is 12. The second-order valence-corrected chi connectivity index (χ2v) is 22.6. The van der Waals surface area contributed by atoms with E-state index < -0.39 is 29.2 Å². The van der Waals surface area contributed by atoms with Crippen molar-refractivity contribution in [3.8, 4) is 23.0 Å². The van der Waals surface area contributed by atoms with Crippen LogP contribution in [0.4, 0.5) is 20.3 Å². The van der Waals surface area contributed by atoms with Crippen molar-refractivity contribution in [2.24, 2.45) is 10.8 Å². The molecule has 7 fully saturated rings. The van der Waals surface area contributed by atoms with Gasteiger partial charge in [0.2, 0.25) is 11.8 Å². The standard InChI is InChI=1S/C55H62F2N10O6/c1-2-33-4-3-5-34-22-38(68)24-39(45(33)34)47-46(56)48-40(25-58-47)49(66-26-35-6-7-36(27-66)59-35)62-51(61-48)72-32-54(12-13-54)30-63-16-14-53(15-17-63)28-55(57,29-53)31-64-18-20-65(21-19-64)37-8-9-41-43(23-37)73-52(71)67(41)42-10-11-44(69)60-50(42)70/h3-5,8-9,22-25,35-36,42,59,68H,2,6-7,10-21,26-32H2,1H3,(H,60,69,70). The monoisotopic (exact) mass is 996 g/mol. The number of halogens is 2. The third kappa shape index (κ3) is 8.56. The highest BCUT2D eigenvalue weighted by Crippen LogP contribution is 2.58. The van der Waals surface area contributed by atoms with Crippen molar-refractivity contribution in [3.63, 3.8) is 0 Å². The van der Waals surface area contributed by atoms with E-state index in [0.717, 1.165) is 113 Å². The highest BCUT2D eigenvalue weighted by atomic mass is 19.1. The summed E-state index contributed by atoms with van der Waals surface area (Å²) in [4.78, 5) is 60.8. The lowest BCUT2D eigenvalue weighted by Crippen LogP contribution is -2.60. The van der Waals surface area contributed by atoms with Crippen LogP contribution in [0.1, 0.15) is 82.7 Å². The van der Waals surface area contributed by atoms with E-state index in [9.17, 15) is 19.5 Å². The number of hydrogen-bond donors (Lipinski definition) is 3. The minimum absolute atomic E-state index is 0.0311. The molecule has 3 atom stereocenters. The summed E-state index contributed by atoms with van der Waals surface area (Å²) in [6.07, 6.45) is 10.2. The summed E-state index contributed by atoms with van der Waals surface area (Å²) in [5.41, 5.74) is 2.45. The molecule has 0 radical (unpaired) electrons. The number of likely N-dealkylation sites (tertiary alicyclic amines) is 1. The van der Waals surface area contributed by atoms with Gasteiger partial charge in [-0.15, -0.1) is 0 Å². The van der Waals surface area contributed by atoms with Crippen LogP contribution in [0.15, 0.2) is 63.9 Å². The van der Waals surface area contributed by atoms with Crippen LogP contribution in [0.2, 0.25) is 0 Å². The molecule has 2 bridgehead atoms. The Bertz CT molecular complexity index is 3230. The van der Waals surface area contributed by atoms with Gasteiger partial charge >= 0.3 is 11.8 Å². The normalized spacial score (nSPS) is 24.7. The van der Waals surface area contributed by atoms with Gasteiger partial charge in [-0.25, -0.2) is 13.6 Å². The number of aromatic nitrogens is 4. The Kier molecular flexibility index (Phi) is 11.3. The minimum atomic E-state index is -1.20. The molecule has 5 aliphatic heterocycles. The third-order valence-electron chi connectivity index (χ3n) is 17.5. The Morgan fingerprint density at radius 2 is 1.64 bits per heavy atom. The van der Waals surface area contributed by atoms with Gasteiger partial charge in [0.1, 0.15) is 34.5 Å². The number of piperidine rings is 2. The van der Waals surface area contributed by atoms with Crippen LogP contribution in [-0.2, 0) is 16.0 Å². The van der Waals surface area contributed by atoms with Crippen LogP contribution in [0.25, 0.3) is 44.0 Å². The van der Waals surface area contributed by atoms with Crippen molar-refractivity contribution in [2.45, 2.75) is 101 Å². The number of carbonyl (C=O) groups is 2. The number of ether oxygens (including phenoxy) is 1. The van der Waals surface area contributed by atoms with Crippen molar-refractivity contribution in [2.75, 3.05) is 81.9 Å². The molecule has 2 amide bonds. The molecule has 382 valence electrons. The molecule has 18 heteroatoms. The first kappa shape index (κ1) is 46.5. The summed E-state index contributed by atoms with van der Waals surface area (Å²) in [5.74, 6) is -1.35. The van der Waals surface area contributed by atoms with Gasteiger partial charge in [-0.2, -0.15) is 9.97 Å². The van der Waals surface area contributed by atoms with E-state index in [1.54, 1.807) is 24.4 Å². The molecule has 5 saturated heterocycles. The predicted molar refractivity (Wildman–Crippen MR) is 272 cm³/mol. The number of fused-ring (bicyclic) bond motifs is 5. The number of alkyl halides is 1. The van der Waals surface area contributed by atoms with Gasteiger partial charge in [0.05, 0.1) is 17.5 Å². The van der Waals surface area contributed by atoms with Crippen molar-refractivity contribution < 1.29 is 32.6 Å². The van der Waals surface area contributed by atoms with E-state index in [4.69, 9.17) is 24.1 Å². The zero-order valence-electron chi connectivity index (χ0n) is 41.3. The average molecular weight is 997 g/mol. The number of pyridine rings is 1. The van der Waals surface area contributed by atoms with Crippen molar-refractivity contribution >= 4 is 56.1 Å². The molecule has 3 N–H and O–H groups in total. The van der Waals surface area contributed by atoms with Gasteiger partial charge in [0.15, 0.2) is 11.4 Å². The molecular formula is C55H62F2N10O6. The number of imide groups is 1. The van der Waals surface area contributed by atoms with Crippen LogP contribution in [0.3, 0.4) is 0 Å². The minimum Gasteiger partial charge on any atom is -0.508 e. The Morgan fingerprint density at radius 3 is 2.38 bits per heavy atom. The fourth-order valence-electron chi connectivity index (χ4n) is 13.6. The van der Waals surface area contributed by atoms with Crippen LogP contribution >= 0.6 is 0 Å². The molecule has 13 rings (SSSR count). The molecule has 1 spiro atoms. The van der Waals surface area contributed by atoms with E-state index in [0.29, 0.717) is 79.0 Å². The molecule has 6 aromatic rings. The maximum absolute atomic E-state index is 17.2. The van der Waals surface area contributed by atoms with Crippen LogP contribution in [0, 0.1) is 16.6 Å². The zero-order valence-corrected chi connectivity index (χ0v) is 41.3. The van der Waals surface area contributed by atoms with Crippen LogP contribution in [-0.4, -0.2) is 136 Å². The Hall–Kier alpha value is -6.24. The number of carbonyl (C=O) groups excluding carboxylic acids is 2. The first-order valence-corrected chi connectivity index (χ1v) is 26.4. The molecular weight excluding hydrogens is 935 g/mol. The van der Waals surface area contributed by atoms with Gasteiger partial charge < -0.3 is 34.3 Å². The zero-order chi connectivity index (χ0) is 49.8. The Morgan fingerprint density at radius 1 is 0.877 bits per heavy atom. The van der Waals surface area contributed by atoms with E-state index >= 15 is 8.78 Å². The fourth-order valence-corrected chi connectivity index (χ4v) is 13.6. The number of amides is 2. The number of aryl methyl sites for hydroxylation is 1. The number of anilines is 2. The number of phenolic OH excluding ortho intramolecular Hbond substituents is 1. The molecule has 3 unspecified atom stereocenters. The summed E-state index contributed by atoms with van der Waals surface area (Å²) < 4.78 is 47.2. The van der Waals surface area contributed by atoms with Gasteiger partial charge in [-0.3, -0.25) is 29.4 Å². The number of piperazine rings is 2. The highest BCUT2D eigenvalue weighted by molar-refractivity contribution is 6.02. The summed E-state index contributed by atoms with van der Waals surface area (Å²) >= 11 is 0. The maximum Gasteiger partial charge on any atom is 0.420 e. The third-order valence-corrected chi connectivity index (χ3v) is 17.5. The van der Waals surface area contributed by atoms with E-state index in [1.165, 1.54) is 4.57 Å². The Labute approximate surface area is 421 Å². The molecule has 2 aliphatic carbocycles. The predicted octanol–water partition coefficient (Wildman–Crippen LogP) is 6.64. The van der Waals surface area contributed by atoms with Gasteiger partial charge in [0, 0.05) is 99.8 Å². The van der Waals surface area contributed by atoms with Gasteiger partial charge in [-0.1, -0.05) is 25.1 Å². The number of aromatic hydroxyl groups is 1. The number of benzene rings is 3. The second kappa shape index (κ2) is 17.7. The van der Waals surface area contributed by atoms with E-state index in [1.807, 2.05) is 30.3 Å². The number of oxazole rings is 1. The molecule has 3 aromatic carbocycles. The molecule has 73 heavy (non-hydrogen) atoms. The lowest BCUT2D eigenvalue weighted by Gasteiger charge is -2.57. The van der Waals surface area contributed by atoms with E-state index in [-0.39, 0.29) is 52.5 Å². The summed E-state index contributed by atoms with van der Waals surface area (Å²) in [6, 6.07) is 14.8. The largest absolute Gasteiger partial charge is 0.508 e. The summed E-state index contributed by atoms with van der Waals surface area (Å²) in [5, 5.41) is 19.0. The first-order chi connectivity index (χ1) is 35.3. The highest BCUT2D eigenvalue weighted by Gasteiger charge is 2.57. The number of phenols is 1. The SMILES string of the molecule is CCc1cccc2cc(O)cc(-c3ncc4c(N5CC6CCC(C5)N6)nc(OCC5(CN6CCC7(CC6)CC(F)(CN6CCN(c8ccc9c(c8)oc(=O)n9C8CCC(=O)NC8=O)CC6)C7)CC5)nc4c3F)c12. The lowest BCUT2D eigenvalue weighted by atomic mass is 9.55. The van der Waals surface area contributed by atoms with Gasteiger partial charge in [-0.05, 0) is 123 Å². The lowest BCUT2D eigenvalue weighted by molar-refractivity contribution is -0.135. The van der Waals surface area contributed by atoms with Gasteiger partial charge in [0.25, 0.3) is 0 Å². The number of nitrogens with one attached hydrogen (secondary N) is 2. The number of hydrogen-bond acceptors (Lipinski definition) is 14. The molecule has 16 nitrogen and oxygen atoms in total. The average Bonchev–Trinajstić information content (AvgIpc) is 3.95. The second-order valence-electron chi connectivity index (χ2n) is 22.6. The smallest absolute Gasteiger partial charge is 0.420 e. The molecule has 2 saturated carbocycles. The maximum atomic E-state index is 17.2. The number of nitrogens with zero attached hydrogens (tertiary/aromatic N) is 8. The molecule has 7 aliphatic rings. The Balaban J connectivity index is 0.637. The van der Waals surface area contributed by atoms with Crippen molar-refractivity contribution in [1.29, 1.82) is 0 Å². The first-order valence-electron chi connectivity index (χ1n) is 26.4. The molecule has 8 heterocycles. The summed E-state index contributed by atoms with van der Waals surface area (Å²) in [7, 11) is 0. The fraction of sp³-hybridized carbons (Fsp3) is 0.527. The summed E-state index contributed by atoms with van der Waals surface area (Å²) in [6.45, 7) is 10.0. The van der Waals surface area contributed by atoms with Crippen molar-refractivity contribution in [3.05, 3.63) is 76.7 Å². The van der Waals surface area contributed by atoms with E-state index in [2.05, 4.69) is 37.2 Å².